The highest BCUT2D eigenvalue weighted by molar-refractivity contribution is 5.96. The van der Waals surface area contributed by atoms with Crippen LogP contribution in [0.2, 0.25) is 0 Å². The van der Waals surface area contributed by atoms with Crippen LogP contribution >= 0.6 is 0 Å². The zero-order valence-electron chi connectivity index (χ0n) is 52.0. The summed E-state index contributed by atoms with van der Waals surface area (Å²) in [5.41, 5.74) is 28.9. The van der Waals surface area contributed by atoms with Crippen LogP contribution in [0, 0.1) is 19.9 Å². The summed E-state index contributed by atoms with van der Waals surface area (Å²) in [4.78, 5) is 81.5. The van der Waals surface area contributed by atoms with Gasteiger partial charge in [0.15, 0.2) is 62.6 Å². The number of nitrogens with one attached hydrogen (secondary N) is 3. The lowest BCUT2D eigenvalue weighted by Gasteiger charge is -2.35. The Morgan fingerprint density at radius 2 is 0.989 bits per heavy atom. The molecule has 0 bridgehead atoms. The first-order chi connectivity index (χ1) is 39.6. The number of hydrogen-bond donors (Lipinski definition) is 9. The smallest absolute Gasteiger partial charge is 0.312 e. The number of hydrazine groups is 2. The fraction of sp³-hybridized carbons (Fsp3) is 0.436. The number of anilines is 4. The molecular formula is C55H84F2N28O2. The van der Waals surface area contributed by atoms with Crippen molar-refractivity contribution in [2.45, 2.75) is 153 Å². The minimum atomic E-state index is -0.827. The number of nitrogen functional groups attached to an aromatic ring is 4. The topological polar surface area (TPSA) is 423 Å². The van der Waals surface area contributed by atoms with Gasteiger partial charge in [0.2, 0.25) is 5.95 Å². The minimum Gasteiger partial charge on any atom is -0.384 e. The van der Waals surface area contributed by atoms with Crippen LogP contribution in [-0.2, 0) is 22.2 Å². The second kappa shape index (κ2) is 26.6. The second-order valence-electron chi connectivity index (χ2n) is 24.3. The Morgan fingerprint density at radius 1 is 0.552 bits per heavy atom. The average molecular weight is 1210 g/mol. The van der Waals surface area contributed by atoms with E-state index in [2.05, 4.69) is 156 Å². The molecule has 8 aromatic heterocycles. The Balaban J connectivity index is 0.000000225. The van der Waals surface area contributed by atoms with E-state index in [0.717, 1.165) is 11.3 Å². The van der Waals surface area contributed by atoms with Crippen LogP contribution in [0.4, 0.5) is 32.2 Å². The number of halogens is 2. The molecule has 0 atom stereocenters. The molecule has 470 valence electrons. The van der Waals surface area contributed by atoms with Gasteiger partial charge in [-0.3, -0.25) is 14.6 Å². The molecule has 0 spiro atoms. The quantitative estimate of drug-likeness (QED) is 0.0534. The lowest BCUT2D eigenvalue weighted by molar-refractivity contribution is 0.256. The van der Waals surface area contributed by atoms with Gasteiger partial charge >= 0.3 is 11.6 Å². The van der Waals surface area contributed by atoms with Crippen molar-refractivity contribution in [1.82, 2.24) is 87.9 Å². The van der Waals surface area contributed by atoms with Gasteiger partial charge in [-0.25, -0.2) is 65.9 Å². The minimum absolute atomic E-state index is 0. The fourth-order valence-electron chi connectivity index (χ4n) is 7.86. The third-order valence-corrected chi connectivity index (χ3v) is 12.1. The van der Waals surface area contributed by atoms with E-state index < -0.39 is 23.0 Å². The van der Waals surface area contributed by atoms with Gasteiger partial charge in [-0.2, -0.15) is 19.3 Å². The first-order valence-corrected chi connectivity index (χ1v) is 26.5. The summed E-state index contributed by atoms with van der Waals surface area (Å²) < 4.78 is 33.1. The van der Waals surface area contributed by atoms with Crippen molar-refractivity contribution in [1.29, 1.82) is 0 Å². The van der Waals surface area contributed by atoms with Gasteiger partial charge in [0.05, 0.1) is 25.3 Å². The Morgan fingerprint density at radius 3 is 1.45 bits per heavy atom. The van der Waals surface area contributed by atoms with Gasteiger partial charge in [-0.15, -0.1) is 0 Å². The Labute approximate surface area is 502 Å². The van der Waals surface area contributed by atoms with Crippen LogP contribution < -0.4 is 56.6 Å². The van der Waals surface area contributed by atoms with Crippen molar-refractivity contribution in [3.8, 4) is 0 Å². The lowest BCUT2D eigenvalue weighted by Crippen LogP contribution is -2.38. The Bertz CT molecular complexity index is 3960. The summed E-state index contributed by atoms with van der Waals surface area (Å²) in [6.07, 6.45) is 10.7. The molecule has 0 saturated carbocycles. The van der Waals surface area contributed by atoms with Gasteiger partial charge in [-0.1, -0.05) is 20.6 Å². The number of nitrogens with two attached hydrogens (primary N) is 6. The molecule has 30 nitrogen and oxygen atoms in total. The predicted molar refractivity (Wildman–Crippen MR) is 340 cm³/mol. The van der Waals surface area contributed by atoms with Crippen LogP contribution in [0.1, 0.15) is 123 Å². The van der Waals surface area contributed by atoms with E-state index in [0.29, 0.717) is 63.0 Å². The molecule has 0 aliphatic carbocycles. The molecular weight excluding hydrogens is 1120 g/mol. The molecule has 10 rings (SSSR count). The van der Waals surface area contributed by atoms with Crippen LogP contribution in [0.3, 0.4) is 0 Å². The van der Waals surface area contributed by atoms with Gasteiger partial charge in [0.25, 0.3) is 5.56 Å². The van der Waals surface area contributed by atoms with E-state index in [1.165, 1.54) is 17.4 Å². The molecule has 0 aromatic carbocycles. The summed E-state index contributed by atoms with van der Waals surface area (Å²) >= 11 is 0. The van der Waals surface area contributed by atoms with E-state index in [1.807, 2.05) is 75.6 Å². The highest BCUT2D eigenvalue weighted by Crippen LogP contribution is 2.27. The first kappa shape index (κ1) is 69.6. The SMILES string of the molecule is C.C=C1N=C(N)C(F)=CN1C.C=C1N=C(N)C=CN1C(C)(C)C.CC(C)(C)n1cnc2c(=O)nc(N)[nH]c(=O)c21.CC(C)(C)n1cnc2c(NN)nc(F)nc21.Cc1nc(N)c2ncn(C(C)(C)C)c2n1.Cc1nc(NN)c2ncn(C(C)(C)C)c2n1. The van der Waals surface area contributed by atoms with Crippen molar-refractivity contribution in [2.75, 3.05) is 29.4 Å². The van der Waals surface area contributed by atoms with Crippen molar-refractivity contribution < 1.29 is 8.78 Å². The normalized spacial score (nSPS) is 13.5. The van der Waals surface area contributed by atoms with E-state index in [-0.39, 0.29) is 63.8 Å². The Kier molecular flexibility index (Phi) is 21.3. The highest BCUT2D eigenvalue weighted by atomic mass is 19.1. The zero-order chi connectivity index (χ0) is 64.9. The van der Waals surface area contributed by atoms with E-state index in [9.17, 15) is 18.4 Å². The summed E-state index contributed by atoms with van der Waals surface area (Å²) in [5.74, 6) is 14.0. The number of aryl methyl sites for hydroxylation is 2. The summed E-state index contributed by atoms with van der Waals surface area (Å²) in [6.45, 7) is 41.5. The van der Waals surface area contributed by atoms with Crippen LogP contribution in [0.25, 0.3) is 44.5 Å². The van der Waals surface area contributed by atoms with E-state index in [1.54, 1.807) is 41.2 Å². The lowest BCUT2D eigenvalue weighted by atomic mass is 10.1. The highest BCUT2D eigenvalue weighted by Gasteiger charge is 2.25. The van der Waals surface area contributed by atoms with Crippen molar-refractivity contribution in [3.63, 3.8) is 0 Å². The maximum Gasteiger partial charge on any atom is 0.312 e. The summed E-state index contributed by atoms with van der Waals surface area (Å²) in [7, 11) is 1.65. The number of H-pyrrole nitrogens is 1. The molecule has 32 heteroatoms. The van der Waals surface area contributed by atoms with Gasteiger partial charge in [-0.05, 0) is 124 Å². The number of nitrogens with zero attached hydrogens (tertiary/aromatic N) is 19. The third kappa shape index (κ3) is 17.0. The van der Waals surface area contributed by atoms with Crippen LogP contribution in [0.15, 0.2) is 94.0 Å². The number of imidazole rings is 4. The predicted octanol–water partition coefficient (Wildman–Crippen LogP) is 6.12. The average Bonchev–Trinajstić information content (AvgIpc) is 1.77. The third-order valence-electron chi connectivity index (χ3n) is 12.1. The molecule has 0 amide bonds. The second-order valence-corrected chi connectivity index (χ2v) is 24.3. The largest absolute Gasteiger partial charge is 0.384 e. The molecule has 0 saturated heterocycles. The summed E-state index contributed by atoms with van der Waals surface area (Å²) in [5, 5.41) is 0. The standard InChI is InChI=1S/C10H16N6.C10H13N5O2.C10H15N5.C9H13FN6.C9H15N3.C6H8FN3.CH4/c1-6-13-8(15-11)7-9(14-6)16(5-12-7)10(2,3)4;1-10(2,3)15-4-12-5-6(15)8(17)14-9(11)13-7(5)16;1-6-13-8(11)7-9(14-6)15(5-12-7)10(2,3)4;1-9(2,3)16-4-12-5-6(15-11)13-8(10)14-7(5)16;1-7-11-8(10)5-6-12(7)9(2,3)4;1-4-9-6(8)5(7)3-10(4)2;/h5H,11H2,1-4H3,(H,13,14,15);4H,1-3H3,(H3,11,13,14,16,17);5H,1-4H3,(H2,11,13,14);4H,11H2,1-3H3,(H,13,14,15);5-6H,1H2,2-4H3,(H2,10,11);3H,1H2,2H3,(H2,8,9);1H4. The molecule has 2 aliphatic rings. The molecule has 8 aromatic rings. The Hall–Kier alpha value is -9.85. The number of aromatic amines is 1. The van der Waals surface area contributed by atoms with Crippen molar-refractivity contribution >= 4 is 79.6 Å². The maximum absolute atomic E-state index is 13.2. The van der Waals surface area contributed by atoms with E-state index in [4.69, 9.17) is 34.6 Å². The number of amidine groups is 2. The van der Waals surface area contributed by atoms with Crippen molar-refractivity contribution in [2.24, 2.45) is 33.1 Å². The van der Waals surface area contributed by atoms with Gasteiger partial charge < -0.3 is 61.9 Å². The number of aromatic nitrogens is 16. The molecule has 0 fully saturated rings. The molecule has 10 heterocycles. The molecule has 87 heavy (non-hydrogen) atoms. The zero-order valence-corrected chi connectivity index (χ0v) is 52.0. The van der Waals surface area contributed by atoms with Crippen LogP contribution in [-0.4, -0.2) is 112 Å². The number of rotatable bonds is 2. The van der Waals surface area contributed by atoms with Crippen LogP contribution in [0.5, 0.6) is 0 Å². The molecule has 15 N–H and O–H groups in total. The summed E-state index contributed by atoms with van der Waals surface area (Å²) in [6, 6.07) is 0. The number of fused-ring (bicyclic) bond motifs is 4. The first-order valence-electron chi connectivity index (χ1n) is 26.5. The maximum atomic E-state index is 13.2. The van der Waals surface area contributed by atoms with E-state index >= 15 is 0 Å². The van der Waals surface area contributed by atoms with Gasteiger partial charge in [0.1, 0.15) is 40.2 Å². The number of hydrogen-bond acceptors (Lipinski definition) is 25. The fourth-order valence-corrected chi connectivity index (χ4v) is 7.86. The molecule has 0 radical (unpaired) electrons. The molecule has 2 aliphatic heterocycles. The monoisotopic (exact) mass is 1210 g/mol. The van der Waals surface area contributed by atoms with Crippen molar-refractivity contribution in [3.05, 3.63) is 113 Å². The number of aliphatic imine (C=N–C) groups is 2. The van der Waals surface area contributed by atoms with Gasteiger partial charge in [0, 0.05) is 47.1 Å². The molecule has 0 unspecified atom stereocenters.